The Hall–Kier alpha value is -1.42. The molecule has 1 aromatic rings. The van der Waals surface area contributed by atoms with Crippen molar-refractivity contribution < 1.29 is 4.79 Å². The molecule has 0 spiro atoms. The fourth-order valence-electron chi connectivity index (χ4n) is 2.36. The van der Waals surface area contributed by atoms with Gasteiger partial charge < -0.3 is 5.32 Å². The zero-order chi connectivity index (χ0) is 12.1. The van der Waals surface area contributed by atoms with Crippen LogP contribution in [0.15, 0.2) is 24.5 Å². The highest BCUT2D eigenvalue weighted by molar-refractivity contribution is 5.93. The molecule has 0 saturated carbocycles. The van der Waals surface area contributed by atoms with E-state index in [4.69, 9.17) is 0 Å². The quantitative estimate of drug-likeness (QED) is 0.852. The van der Waals surface area contributed by atoms with E-state index in [1.807, 2.05) is 0 Å². The first-order chi connectivity index (χ1) is 8.31. The van der Waals surface area contributed by atoms with Crippen LogP contribution in [0.4, 0.5) is 0 Å². The zero-order valence-corrected chi connectivity index (χ0v) is 10.2. The molecule has 0 aliphatic carbocycles. The Morgan fingerprint density at radius 2 is 2.29 bits per heavy atom. The molecule has 1 atom stereocenters. The van der Waals surface area contributed by atoms with Crippen LogP contribution in [0.25, 0.3) is 0 Å². The molecule has 1 amide bonds. The van der Waals surface area contributed by atoms with Crippen LogP contribution in [0.5, 0.6) is 0 Å². The maximum atomic E-state index is 11.8. The van der Waals surface area contributed by atoms with Gasteiger partial charge in [-0.05, 0) is 38.1 Å². The molecular formula is C13H19N3O. The molecule has 1 saturated heterocycles. The molecule has 0 bridgehead atoms. The molecule has 17 heavy (non-hydrogen) atoms. The number of rotatable bonds is 4. The predicted molar refractivity (Wildman–Crippen MR) is 66.8 cm³/mol. The van der Waals surface area contributed by atoms with Crippen molar-refractivity contribution in [3.05, 3.63) is 30.1 Å². The summed E-state index contributed by atoms with van der Waals surface area (Å²) in [4.78, 5) is 18.2. The Morgan fingerprint density at radius 3 is 3.00 bits per heavy atom. The average Bonchev–Trinajstić information content (AvgIpc) is 2.84. The molecular weight excluding hydrogens is 214 g/mol. The summed E-state index contributed by atoms with van der Waals surface area (Å²) in [5.41, 5.74) is 0.682. The number of nitrogens with zero attached hydrogens (tertiary/aromatic N) is 2. The largest absolute Gasteiger partial charge is 0.350 e. The van der Waals surface area contributed by atoms with Gasteiger partial charge in [-0.15, -0.1) is 0 Å². The average molecular weight is 233 g/mol. The lowest BCUT2D eigenvalue weighted by Gasteiger charge is -2.22. The van der Waals surface area contributed by atoms with Gasteiger partial charge in [-0.25, -0.2) is 0 Å². The van der Waals surface area contributed by atoms with Crippen LogP contribution in [-0.4, -0.2) is 41.5 Å². The highest BCUT2D eigenvalue weighted by atomic mass is 16.1. The maximum absolute atomic E-state index is 11.8. The second-order valence-electron chi connectivity index (χ2n) is 4.37. The summed E-state index contributed by atoms with van der Waals surface area (Å²) in [5.74, 6) is -0.00430. The molecule has 0 unspecified atom stereocenters. The molecule has 0 radical (unpaired) electrons. The summed E-state index contributed by atoms with van der Waals surface area (Å²) in [5, 5.41) is 3.00. The third-order valence-corrected chi connectivity index (χ3v) is 3.35. The van der Waals surface area contributed by atoms with Crippen molar-refractivity contribution >= 4 is 5.91 Å². The summed E-state index contributed by atoms with van der Waals surface area (Å²) in [6, 6.07) is 3.98. The summed E-state index contributed by atoms with van der Waals surface area (Å²) in [7, 11) is 0. The first-order valence-electron chi connectivity index (χ1n) is 6.23. The number of aromatic nitrogens is 1. The minimum Gasteiger partial charge on any atom is -0.350 e. The van der Waals surface area contributed by atoms with E-state index in [2.05, 4.69) is 22.1 Å². The number of likely N-dealkylation sites (tertiary alicyclic amines) is 1. The van der Waals surface area contributed by atoms with Crippen molar-refractivity contribution in [3.63, 3.8) is 0 Å². The molecule has 92 valence electrons. The van der Waals surface area contributed by atoms with Gasteiger partial charge in [-0.2, -0.15) is 0 Å². The Bertz CT molecular complexity index is 366. The van der Waals surface area contributed by atoms with Crippen molar-refractivity contribution in [2.24, 2.45) is 0 Å². The number of pyridine rings is 1. The van der Waals surface area contributed by atoms with Crippen LogP contribution in [0.3, 0.4) is 0 Å². The number of nitrogens with one attached hydrogen (secondary N) is 1. The molecule has 1 aromatic heterocycles. The molecule has 1 aliphatic rings. The monoisotopic (exact) mass is 233 g/mol. The molecule has 1 N–H and O–H groups in total. The van der Waals surface area contributed by atoms with E-state index in [1.54, 1.807) is 24.5 Å². The highest BCUT2D eigenvalue weighted by Crippen LogP contribution is 2.15. The standard InChI is InChI=1S/C13H19N3O/c1-2-16-9-3-4-12(16)10-15-13(17)11-5-7-14-8-6-11/h5-8,12H,2-4,9-10H2,1H3,(H,15,17)/t12-/m1/s1. The van der Waals surface area contributed by atoms with Crippen LogP contribution >= 0.6 is 0 Å². The van der Waals surface area contributed by atoms with Crippen molar-refractivity contribution in [1.82, 2.24) is 15.2 Å². The molecule has 0 aromatic carbocycles. The Morgan fingerprint density at radius 1 is 1.53 bits per heavy atom. The fraction of sp³-hybridized carbons (Fsp3) is 0.538. The first kappa shape index (κ1) is 12.0. The van der Waals surface area contributed by atoms with Gasteiger partial charge in [0.1, 0.15) is 0 Å². The number of likely N-dealkylation sites (N-methyl/N-ethyl adjacent to an activating group) is 1. The first-order valence-corrected chi connectivity index (χ1v) is 6.23. The van der Waals surface area contributed by atoms with E-state index in [-0.39, 0.29) is 5.91 Å². The lowest BCUT2D eigenvalue weighted by molar-refractivity contribution is 0.0941. The van der Waals surface area contributed by atoms with E-state index in [9.17, 15) is 4.79 Å². The summed E-state index contributed by atoms with van der Waals surface area (Å²) < 4.78 is 0. The maximum Gasteiger partial charge on any atom is 0.251 e. The SMILES string of the molecule is CCN1CCC[C@@H]1CNC(=O)c1ccncc1. The summed E-state index contributed by atoms with van der Waals surface area (Å²) in [6.07, 6.45) is 5.71. The number of hydrogen-bond donors (Lipinski definition) is 1. The lowest BCUT2D eigenvalue weighted by atomic mass is 10.2. The van der Waals surface area contributed by atoms with Crippen LogP contribution < -0.4 is 5.32 Å². The second kappa shape index (κ2) is 5.77. The Balaban J connectivity index is 1.84. The molecule has 2 heterocycles. The summed E-state index contributed by atoms with van der Waals surface area (Å²) >= 11 is 0. The predicted octanol–water partition coefficient (Wildman–Crippen LogP) is 1.30. The van der Waals surface area contributed by atoms with Crippen LogP contribution in [0.1, 0.15) is 30.1 Å². The van der Waals surface area contributed by atoms with Crippen LogP contribution in [-0.2, 0) is 0 Å². The molecule has 4 nitrogen and oxygen atoms in total. The van der Waals surface area contributed by atoms with E-state index in [1.165, 1.54) is 12.8 Å². The van der Waals surface area contributed by atoms with Crippen molar-refractivity contribution in [2.75, 3.05) is 19.6 Å². The van der Waals surface area contributed by atoms with Gasteiger partial charge in [0.15, 0.2) is 0 Å². The van der Waals surface area contributed by atoms with Gasteiger partial charge >= 0.3 is 0 Å². The van der Waals surface area contributed by atoms with Gasteiger partial charge in [-0.1, -0.05) is 6.92 Å². The third-order valence-electron chi connectivity index (χ3n) is 3.35. The minimum absolute atomic E-state index is 0.00430. The number of carbonyl (C=O) groups is 1. The van der Waals surface area contributed by atoms with Crippen LogP contribution in [0.2, 0.25) is 0 Å². The van der Waals surface area contributed by atoms with Crippen molar-refractivity contribution in [2.45, 2.75) is 25.8 Å². The highest BCUT2D eigenvalue weighted by Gasteiger charge is 2.23. The topological polar surface area (TPSA) is 45.2 Å². The normalized spacial score (nSPS) is 20.4. The van der Waals surface area contributed by atoms with Crippen molar-refractivity contribution in [3.8, 4) is 0 Å². The van der Waals surface area contributed by atoms with E-state index in [0.29, 0.717) is 11.6 Å². The molecule has 1 aliphatic heterocycles. The Kier molecular flexibility index (Phi) is 4.09. The van der Waals surface area contributed by atoms with Gasteiger partial charge in [0.05, 0.1) is 0 Å². The van der Waals surface area contributed by atoms with Crippen molar-refractivity contribution in [1.29, 1.82) is 0 Å². The van der Waals surface area contributed by atoms with E-state index in [0.717, 1.165) is 19.6 Å². The lowest BCUT2D eigenvalue weighted by Crippen LogP contribution is -2.40. The molecule has 2 rings (SSSR count). The van der Waals surface area contributed by atoms with Gasteiger partial charge in [0.2, 0.25) is 0 Å². The number of carbonyl (C=O) groups excluding carboxylic acids is 1. The second-order valence-corrected chi connectivity index (χ2v) is 4.37. The third kappa shape index (κ3) is 3.03. The van der Waals surface area contributed by atoms with Crippen LogP contribution in [0, 0.1) is 0 Å². The number of hydrogen-bond acceptors (Lipinski definition) is 3. The molecule has 1 fully saturated rings. The van der Waals surface area contributed by atoms with Gasteiger partial charge in [0, 0.05) is 30.5 Å². The fourth-order valence-corrected chi connectivity index (χ4v) is 2.36. The van der Waals surface area contributed by atoms with E-state index < -0.39 is 0 Å². The van der Waals surface area contributed by atoms with Gasteiger partial charge in [0.25, 0.3) is 5.91 Å². The van der Waals surface area contributed by atoms with Gasteiger partial charge in [-0.3, -0.25) is 14.7 Å². The smallest absolute Gasteiger partial charge is 0.251 e. The Labute approximate surface area is 102 Å². The van der Waals surface area contributed by atoms with E-state index >= 15 is 0 Å². The minimum atomic E-state index is -0.00430. The zero-order valence-electron chi connectivity index (χ0n) is 10.2. The number of amides is 1. The molecule has 4 heteroatoms. The summed E-state index contributed by atoms with van der Waals surface area (Å²) in [6.45, 7) is 5.14.